The minimum atomic E-state index is -0.789. The van der Waals surface area contributed by atoms with Crippen LogP contribution in [-0.2, 0) is 28.6 Å². The number of hydrogen-bond acceptors (Lipinski definition) is 6. The molecule has 1 unspecified atom stereocenters. The Kier molecular flexibility index (Phi) is 62.3. The van der Waals surface area contributed by atoms with Gasteiger partial charge in [-0.1, -0.05) is 289 Å². The van der Waals surface area contributed by atoms with Gasteiger partial charge >= 0.3 is 17.9 Å². The van der Waals surface area contributed by atoms with E-state index >= 15 is 0 Å². The van der Waals surface area contributed by atoms with Gasteiger partial charge in [0, 0.05) is 19.3 Å². The van der Waals surface area contributed by atoms with Crippen LogP contribution in [0.25, 0.3) is 0 Å². The van der Waals surface area contributed by atoms with Gasteiger partial charge in [0.15, 0.2) is 6.10 Å². The molecule has 79 heavy (non-hydrogen) atoms. The fourth-order valence-electron chi connectivity index (χ4n) is 8.83. The Hall–Kier alpha value is -4.45. The molecular weight excluding hydrogens is 973 g/mol. The summed E-state index contributed by atoms with van der Waals surface area (Å²) >= 11 is 0. The molecule has 0 aromatic carbocycles. The smallest absolute Gasteiger partial charge is 0.306 e. The molecule has 0 N–H and O–H groups in total. The van der Waals surface area contributed by atoms with Gasteiger partial charge in [0.05, 0.1) is 0 Å². The van der Waals surface area contributed by atoms with Crippen LogP contribution in [0.1, 0.15) is 290 Å². The van der Waals surface area contributed by atoms with E-state index in [1.54, 1.807) is 0 Å². The zero-order chi connectivity index (χ0) is 57.1. The van der Waals surface area contributed by atoms with E-state index in [1.807, 2.05) is 0 Å². The lowest BCUT2D eigenvalue weighted by Crippen LogP contribution is -2.30. The molecule has 0 aliphatic heterocycles. The highest BCUT2D eigenvalue weighted by atomic mass is 16.6. The average Bonchev–Trinajstić information content (AvgIpc) is 3.45. The zero-order valence-electron chi connectivity index (χ0n) is 51.3. The maximum atomic E-state index is 12.9. The number of rotatable bonds is 58. The molecule has 0 aromatic heterocycles. The van der Waals surface area contributed by atoms with E-state index in [0.29, 0.717) is 19.3 Å². The van der Waals surface area contributed by atoms with E-state index in [-0.39, 0.29) is 31.1 Å². The van der Waals surface area contributed by atoms with Crippen molar-refractivity contribution in [3.63, 3.8) is 0 Å². The van der Waals surface area contributed by atoms with Crippen LogP contribution in [0, 0.1) is 0 Å². The summed E-state index contributed by atoms with van der Waals surface area (Å²) in [5.74, 6) is -0.902. The van der Waals surface area contributed by atoms with Crippen LogP contribution >= 0.6 is 0 Å². The number of esters is 3. The number of unbranched alkanes of at least 4 members (excludes halogenated alkanes) is 25. The molecule has 6 nitrogen and oxygen atoms in total. The number of carbonyl (C=O) groups is 3. The molecule has 0 amide bonds. The van der Waals surface area contributed by atoms with Crippen LogP contribution in [0.15, 0.2) is 134 Å². The summed E-state index contributed by atoms with van der Waals surface area (Å²) < 4.78 is 16.9. The summed E-state index contributed by atoms with van der Waals surface area (Å²) in [7, 11) is 0. The average molecular weight is 1090 g/mol. The highest BCUT2D eigenvalue weighted by molar-refractivity contribution is 5.71. The molecule has 1 atom stereocenters. The van der Waals surface area contributed by atoms with Crippen molar-refractivity contribution < 1.29 is 28.6 Å². The standard InChI is InChI=1S/C73H120O6/c1-4-7-10-13-16-19-21-23-25-27-29-30-31-32-33-34-35-36-37-38-39-40-41-42-44-45-47-49-51-54-57-60-63-66-72(75)78-69-70(68-77-71(74)65-62-59-56-53-18-15-12-9-6-3)79-73(76)67-64-61-58-55-52-50-48-46-43-28-26-24-22-20-17-14-11-8-5-2/h7-8,10-11,16-17,19-20,23-26,29-30,32-33,35-36,38-39,43,46,70H,4-6,9,12-15,18,21-22,27-28,31,34,37,40-42,44-45,47-69H2,1-3H3/b10-7-,11-8-,19-16-,20-17-,25-23-,26-24-,30-29-,33-32-,36-35-,39-38-,46-43-. The van der Waals surface area contributed by atoms with Gasteiger partial charge in [-0.15, -0.1) is 0 Å². The SMILES string of the molecule is CC/C=C\C/C=C\C/C=C\C/C=C\C/C=C\C/C=C\C/C=C\CCCCCCCCCCCCCC(=O)OCC(COC(=O)CCCCCCCCCCC)OC(=O)CCCCCCCC/C=C\C/C=C\C/C=C\C/C=C\CC. The van der Waals surface area contributed by atoms with Crippen LogP contribution in [0.3, 0.4) is 0 Å². The molecule has 448 valence electrons. The molecule has 0 radical (unpaired) electrons. The molecule has 6 heteroatoms. The Labute approximate surface area is 487 Å². The van der Waals surface area contributed by atoms with Gasteiger partial charge in [0.2, 0.25) is 0 Å². The van der Waals surface area contributed by atoms with Gasteiger partial charge < -0.3 is 14.2 Å². The second kappa shape index (κ2) is 66.1. The molecule has 0 aliphatic carbocycles. The molecule has 0 aliphatic rings. The van der Waals surface area contributed by atoms with E-state index in [4.69, 9.17) is 14.2 Å². The van der Waals surface area contributed by atoms with Crippen molar-refractivity contribution in [2.45, 2.75) is 297 Å². The van der Waals surface area contributed by atoms with E-state index in [9.17, 15) is 14.4 Å². The van der Waals surface area contributed by atoms with Crippen LogP contribution in [0.2, 0.25) is 0 Å². The lowest BCUT2D eigenvalue weighted by atomic mass is 10.0. The first kappa shape index (κ1) is 74.5. The Morgan fingerprint density at radius 2 is 0.494 bits per heavy atom. The van der Waals surface area contributed by atoms with Gasteiger partial charge in [-0.05, 0) is 116 Å². The molecule has 0 saturated heterocycles. The third kappa shape index (κ3) is 64.3. The topological polar surface area (TPSA) is 78.9 Å². The molecule has 0 spiro atoms. The Balaban J connectivity index is 4.20. The number of carbonyl (C=O) groups excluding carboxylic acids is 3. The first-order valence-electron chi connectivity index (χ1n) is 32.7. The summed E-state index contributed by atoms with van der Waals surface area (Å²) in [5.41, 5.74) is 0. The van der Waals surface area contributed by atoms with Gasteiger partial charge in [-0.3, -0.25) is 14.4 Å². The molecule has 0 rings (SSSR count). The van der Waals surface area contributed by atoms with Crippen LogP contribution < -0.4 is 0 Å². The van der Waals surface area contributed by atoms with Crippen LogP contribution in [-0.4, -0.2) is 37.2 Å². The quantitative estimate of drug-likeness (QED) is 0.0261. The van der Waals surface area contributed by atoms with Crippen molar-refractivity contribution in [1.29, 1.82) is 0 Å². The second-order valence-electron chi connectivity index (χ2n) is 21.3. The largest absolute Gasteiger partial charge is 0.462 e. The fraction of sp³-hybridized carbons (Fsp3) is 0.658. The van der Waals surface area contributed by atoms with Gasteiger partial charge in [0.25, 0.3) is 0 Å². The number of ether oxygens (including phenoxy) is 3. The molecule has 0 fully saturated rings. The van der Waals surface area contributed by atoms with Crippen molar-refractivity contribution in [2.75, 3.05) is 13.2 Å². The molecular formula is C73H120O6. The molecule has 0 aromatic rings. The first-order chi connectivity index (χ1) is 39.0. The zero-order valence-corrected chi connectivity index (χ0v) is 51.3. The minimum Gasteiger partial charge on any atom is -0.462 e. The number of allylic oxidation sites excluding steroid dienone is 22. The molecule has 0 heterocycles. The Morgan fingerprint density at radius 1 is 0.266 bits per heavy atom. The third-order valence-corrected chi connectivity index (χ3v) is 13.7. The summed E-state index contributed by atoms with van der Waals surface area (Å²) in [6.45, 7) is 6.39. The second-order valence-corrected chi connectivity index (χ2v) is 21.3. The predicted octanol–water partition coefficient (Wildman–Crippen LogP) is 22.5. The van der Waals surface area contributed by atoms with Crippen molar-refractivity contribution in [3.05, 3.63) is 134 Å². The normalized spacial score (nSPS) is 13.0. The van der Waals surface area contributed by atoms with Crippen molar-refractivity contribution in [3.8, 4) is 0 Å². The molecule has 0 bridgehead atoms. The maximum Gasteiger partial charge on any atom is 0.306 e. The van der Waals surface area contributed by atoms with E-state index < -0.39 is 6.10 Å². The van der Waals surface area contributed by atoms with E-state index in [1.165, 1.54) is 109 Å². The van der Waals surface area contributed by atoms with Gasteiger partial charge in [-0.25, -0.2) is 0 Å². The fourth-order valence-corrected chi connectivity index (χ4v) is 8.83. The third-order valence-electron chi connectivity index (χ3n) is 13.7. The van der Waals surface area contributed by atoms with Crippen LogP contribution in [0.5, 0.6) is 0 Å². The van der Waals surface area contributed by atoms with Gasteiger partial charge in [-0.2, -0.15) is 0 Å². The van der Waals surface area contributed by atoms with Crippen molar-refractivity contribution in [2.24, 2.45) is 0 Å². The summed E-state index contributed by atoms with van der Waals surface area (Å²) in [6, 6.07) is 0. The Bertz CT molecular complexity index is 1680. The molecule has 0 saturated carbocycles. The van der Waals surface area contributed by atoms with Crippen molar-refractivity contribution in [1.82, 2.24) is 0 Å². The number of hydrogen-bond donors (Lipinski definition) is 0. The Morgan fingerprint density at radius 3 is 0.772 bits per heavy atom. The van der Waals surface area contributed by atoms with E-state index in [2.05, 4.69) is 154 Å². The summed E-state index contributed by atoms with van der Waals surface area (Å²) in [6.07, 6.45) is 93.3. The van der Waals surface area contributed by atoms with Gasteiger partial charge in [0.1, 0.15) is 13.2 Å². The minimum absolute atomic E-state index is 0.0851. The maximum absolute atomic E-state index is 12.9. The highest BCUT2D eigenvalue weighted by Crippen LogP contribution is 2.16. The van der Waals surface area contributed by atoms with Crippen LogP contribution in [0.4, 0.5) is 0 Å². The summed E-state index contributed by atoms with van der Waals surface area (Å²) in [4.78, 5) is 38.2. The van der Waals surface area contributed by atoms with E-state index in [0.717, 1.165) is 141 Å². The monoisotopic (exact) mass is 1090 g/mol. The first-order valence-corrected chi connectivity index (χ1v) is 32.7. The lowest BCUT2D eigenvalue weighted by Gasteiger charge is -2.18. The highest BCUT2D eigenvalue weighted by Gasteiger charge is 2.19. The summed E-state index contributed by atoms with van der Waals surface area (Å²) in [5, 5.41) is 0. The predicted molar refractivity (Wildman–Crippen MR) is 343 cm³/mol. The van der Waals surface area contributed by atoms with Crippen molar-refractivity contribution >= 4 is 17.9 Å². The lowest BCUT2D eigenvalue weighted by molar-refractivity contribution is -0.167.